The Morgan fingerprint density at radius 2 is 1.12 bits per heavy atom. The second-order valence-corrected chi connectivity index (χ2v) is 15.9. The van der Waals surface area contributed by atoms with Crippen molar-refractivity contribution in [1.29, 1.82) is 0 Å². The summed E-state index contributed by atoms with van der Waals surface area (Å²) in [6.45, 7) is 9.50. The molecule has 0 rings (SSSR count). The molecule has 0 saturated heterocycles. The Hall–Kier alpha value is 0.799. The third-order valence-corrected chi connectivity index (χ3v) is 14.1. The summed E-state index contributed by atoms with van der Waals surface area (Å²) in [6.07, 6.45) is 0. The fourth-order valence-electron chi connectivity index (χ4n) is 0.770. The van der Waals surface area contributed by atoms with Crippen LogP contribution in [0.25, 0.3) is 0 Å². The van der Waals surface area contributed by atoms with E-state index in [0.29, 0.717) is 0 Å². The molecule has 0 spiro atoms. The normalized spacial score (nSPS) is 12.0. The van der Waals surface area contributed by atoms with Gasteiger partial charge in [-0.15, -0.1) is 0 Å². The molecular weight excluding hydrogens is 203 g/mol. The van der Waals surface area contributed by atoms with Crippen LogP contribution in [0.2, 0.25) is 12.8 Å². The number of rotatable bonds is 2. The molecule has 0 atom stereocenters. The molecule has 0 fully saturated rings. The fraction of sp³-hybridized carbons (Fsp3) is 1.00. The van der Waals surface area contributed by atoms with E-state index in [0.717, 1.165) is 7.87 Å². The van der Waals surface area contributed by atoms with Crippen molar-refractivity contribution < 1.29 is 0 Å². The fourth-order valence-corrected chi connectivity index (χ4v) is 5.16. The quantitative estimate of drug-likeness (QED) is 0.628. The monoisotopic (exact) mass is 222 g/mol. The first-order valence-electron chi connectivity index (χ1n) is 3.55. The average Bonchev–Trinajstić information content (AvgIpc) is 1.64. The maximum atomic E-state index is 2.52. The van der Waals surface area contributed by atoms with E-state index in [4.69, 9.17) is 0 Å². The van der Waals surface area contributed by atoms with Crippen LogP contribution < -0.4 is 0 Å². The molecule has 1 heteroatoms. The van der Waals surface area contributed by atoms with Gasteiger partial charge in [-0.2, -0.15) is 0 Å². The molecule has 0 saturated carbocycles. The van der Waals surface area contributed by atoms with E-state index in [1.165, 1.54) is 0 Å². The predicted molar refractivity (Wildman–Crippen MR) is 43.2 cm³/mol. The van der Waals surface area contributed by atoms with Crippen LogP contribution in [0.1, 0.15) is 27.7 Å². The average molecular weight is 221 g/mol. The zero-order valence-electron chi connectivity index (χ0n) is 6.73. The summed E-state index contributed by atoms with van der Waals surface area (Å²) < 4.78 is 2.11. The van der Waals surface area contributed by atoms with Gasteiger partial charge >= 0.3 is 60.3 Å². The molecule has 50 valence electrons. The van der Waals surface area contributed by atoms with Crippen LogP contribution in [0.3, 0.4) is 0 Å². The Kier molecular flexibility index (Phi) is 4.13. The van der Waals surface area contributed by atoms with Gasteiger partial charge in [0.1, 0.15) is 0 Å². The first-order valence-corrected chi connectivity index (χ1v) is 10.7. The van der Waals surface area contributed by atoms with Gasteiger partial charge in [-0.05, 0) is 0 Å². The van der Waals surface area contributed by atoms with Gasteiger partial charge in [0.05, 0.1) is 0 Å². The summed E-state index contributed by atoms with van der Waals surface area (Å²) in [4.78, 5) is 2.52. The van der Waals surface area contributed by atoms with Crippen LogP contribution >= 0.6 is 0 Å². The summed E-state index contributed by atoms with van der Waals surface area (Å²) in [5.74, 6) is 0. The maximum absolute atomic E-state index is 2.52. The SMILES string of the molecule is C[CH](C)[SnH]([CH3])[CH](C)C. The molecule has 0 amide bonds. The van der Waals surface area contributed by atoms with Gasteiger partial charge in [0, 0.05) is 0 Å². The van der Waals surface area contributed by atoms with E-state index in [2.05, 4.69) is 32.6 Å². The predicted octanol–water partition coefficient (Wildman–Crippen LogP) is 2.66. The summed E-state index contributed by atoms with van der Waals surface area (Å²) in [6, 6.07) is 0. The van der Waals surface area contributed by atoms with Crippen molar-refractivity contribution in [1.82, 2.24) is 0 Å². The first-order chi connectivity index (χ1) is 3.55. The molecule has 0 aromatic carbocycles. The molecule has 0 aromatic rings. The van der Waals surface area contributed by atoms with Crippen LogP contribution in [-0.4, -0.2) is 19.8 Å². The Labute approximate surface area is 60.4 Å². The number of hydrogen-bond donors (Lipinski definition) is 0. The van der Waals surface area contributed by atoms with Gasteiger partial charge in [-0.3, -0.25) is 0 Å². The molecule has 0 radical (unpaired) electrons. The minimum atomic E-state index is -0.973. The van der Waals surface area contributed by atoms with Crippen molar-refractivity contribution in [2.75, 3.05) is 0 Å². The van der Waals surface area contributed by atoms with E-state index in [1.807, 2.05) is 0 Å². The topological polar surface area (TPSA) is 0 Å². The minimum absolute atomic E-state index is 0.973. The second-order valence-electron chi connectivity index (χ2n) is 3.35. The van der Waals surface area contributed by atoms with Crippen LogP contribution in [-0.2, 0) is 0 Å². The van der Waals surface area contributed by atoms with Gasteiger partial charge in [0.15, 0.2) is 0 Å². The van der Waals surface area contributed by atoms with Gasteiger partial charge in [0.25, 0.3) is 0 Å². The van der Waals surface area contributed by atoms with Gasteiger partial charge in [-0.1, -0.05) is 0 Å². The standard InChI is InChI=1S/2C3H7.CH3.Sn.H/c2*1-3-2;;;/h2*3H,1-2H3;1H3;;. The molecule has 0 aliphatic carbocycles. The van der Waals surface area contributed by atoms with Gasteiger partial charge < -0.3 is 0 Å². The molecule has 0 bridgehead atoms. The summed E-state index contributed by atoms with van der Waals surface area (Å²) in [7, 11) is 0. The molecule has 0 heterocycles. The first kappa shape index (κ1) is 8.80. The van der Waals surface area contributed by atoms with Crippen LogP contribution in [0.5, 0.6) is 0 Å². The van der Waals surface area contributed by atoms with Crippen molar-refractivity contribution >= 4 is 19.8 Å². The molecule has 8 heavy (non-hydrogen) atoms. The Balaban J connectivity index is 3.46. The van der Waals surface area contributed by atoms with Crippen LogP contribution in [0, 0.1) is 0 Å². The van der Waals surface area contributed by atoms with E-state index in [9.17, 15) is 0 Å². The molecule has 0 aliphatic rings. The van der Waals surface area contributed by atoms with E-state index >= 15 is 0 Å². The molecule has 0 aliphatic heterocycles. The van der Waals surface area contributed by atoms with Crippen LogP contribution in [0.15, 0.2) is 0 Å². The molecule has 0 nitrogen and oxygen atoms in total. The van der Waals surface area contributed by atoms with Crippen molar-refractivity contribution in [2.24, 2.45) is 0 Å². The second kappa shape index (κ2) is 3.75. The molecule has 0 unspecified atom stereocenters. The van der Waals surface area contributed by atoms with Gasteiger partial charge in [-0.25, -0.2) is 0 Å². The Morgan fingerprint density at radius 1 is 0.875 bits per heavy atom. The Bertz CT molecular complexity index is 49.4. The number of hydrogen-bond acceptors (Lipinski definition) is 0. The third-order valence-electron chi connectivity index (χ3n) is 2.10. The van der Waals surface area contributed by atoms with E-state index < -0.39 is 19.8 Å². The van der Waals surface area contributed by atoms with Crippen molar-refractivity contribution in [3.8, 4) is 0 Å². The van der Waals surface area contributed by atoms with Crippen molar-refractivity contribution in [2.45, 2.75) is 40.5 Å². The van der Waals surface area contributed by atoms with Crippen molar-refractivity contribution in [3.05, 3.63) is 0 Å². The Morgan fingerprint density at radius 3 is 1.12 bits per heavy atom. The summed E-state index contributed by atoms with van der Waals surface area (Å²) >= 11 is -0.973. The zero-order chi connectivity index (χ0) is 6.73. The molecule has 0 N–H and O–H groups in total. The van der Waals surface area contributed by atoms with Gasteiger partial charge in [0.2, 0.25) is 0 Å². The molecule has 0 aromatic heterocycles. The van der Waals surface area contributed by atoms with E-state index in [-0.39, 0.29) is 0 Å². The van der Waals surface area contributed by atoms with E-state index in [1.54, 1.807) is 0 Å². The summed E-state index contributed by atoms with van der Waals surface area (Å²) in [5, 5.41) is 0. The van der Waals surface area contributed by atoms with Crippen molar-refractivity contribution in [3.63, 3.8) is 0 Å². The van der Waals surface area contributed by atoms with Crippen LogP contribution in [0.4, 0.5) is 0 Å². The molecular formula is C7H18Sn. The zero-order valence-corrected chi connectivity index (χ0v) is 10.0. The summed E-state index contributed by atoms with van der Waals surface area (Å²) in [5.41, 5.74) is 0. The third kappa shape index (κ3) is 2.95.